The topological polar surface area (TPSA) is 134 Å². The molecule has 1 aliphatic rings. The van der Waals surface area contributed by atoms with E-state index < -0.39 is 35.6 Å². The first kappa shape index (κ1) is 37.6. The van der Waals surface area contributed by atoms with Crippen molar-refractivity contribution in [1.29, 1.82) is 0 Å². The predicted octanol–water partition coefficient (Wildman–Crippen LogP) is 7.88. The van der Waals surface area contributed by atoms with E-state index in [0.717, 1.165) is 11.1 Å². The summed E-state index contributed by atoms with van der Waals surface area (Å²) >= 11 is 0. The highest BCUT2D eigenvalue weighted by molar-refractivity contribution is 5.86. The number of amides is 2. The van der Waals surface area contributed by atoms with Crippen molar-refractivity contribution in [2.45, 2.75) is 52.6 Å². The molecular weight excluding hydrogens is 660 g/mol. The van der Waals surface area contributed by atoms with Gasteiger partial charge in [0.05, 0.1) is 11.8 Å². The molecule has 4 atom stereocenters. The second-order valence-corrected chi connectivity index (χ2v) is 13.2. The van der Waals surface area contributed by atoms with Crippen LogP contribution in [0.4, 0.5) is 0 Å². The fourth-order valence-electron chi connectivity index (χ4n) is 6.95. The lowest BCUT2D eigenvalue weighted by molar-refractivity contribution is -0.179. The molecule has 2 amide bonds. The van der Waals surface area contributed by atoms with E-state index in [-0.39, 0.29) is 24.7 Å². The summed E-state index contributed by atoms with van der Waals surface area (Å²) < 4.78 is 11.8. The van der Waals surface area contributed by atoms with E-state index in [9.17, 15) is 29.4 Å². The minimum Gasteiger partial charge on any atom is -0.481 e. The summed E-state index contributed by atoms with van der Waals surface area (Å²) in [6, 6.07) is 33.7. The van der Waals surface area contributed by atoms with E-state index in [1.165, 1.54) is 0 Å². The average Bonchev–Trinajstić information content (AvgIpc) is 3.13. The molecule has 4 aromatic carbocycles. The Hall–Kier alpha value is -5.64. The van der Waals surface area contributed by atoms with Crippen LogP contribution in [0, 0.1) is 23.7 Å². The highest BCUT2D eigenvalue weighted by Gasteiger charge is 2.58. The Kier molecular flexibility index (Phi) is 13.0. The minimum atomic E-state index is -1.27. The lowest BCUT2D eigenvalue weighted by atomic mass is 9.54. The second-order valence-electron chi connectivity index (χ2n) is 13.2. The Labute approximate surface area is 304 Å². The van der Waals surface area contributed by atoms with Gasteiger partial charge in [-0.05, 0) is 84.3 Å². The molecule has 1 aliphatic carbocycles. The number of nitrogens with zero attached hydrogens (tertiary/aromatic N) is 2. The van der Waals surface area contributed by atoms with Gasteiger partial charge in [0.15, 0.2) is 0 Å². The number of ether oxygens (including phenoxy) is 2. The zero-order valence-corrected chi connectivity index (χ0v) is 29.6. The van der Waals surface area contributed by atoms with Crippen LogP contribution in [0.2, 0.25) is 0 Å². The fourth-order valence-corrected chi connectivity index (χ4v) is 6.95. The monoisotopic (exact) mass is 706 g/mol. The van der Waals surface area contributed by atoms with E-state index in [2.05, 4.69) is 0 Å². The number of hydrogen-bond acceptors (Lipinski definition) is 6. The molecule has 0 heterocycles. The van der Waals surface area contributed by atoms with Crippen LogP contribution in [0.3, 0.4) is 0 Å². The lowest BCUT2D eigenvalue weighted by Gasteiger charge is -2.48. The van der Waals surface area contributed by atoms with E-state index >= 15 is 0 Å². The third-order valence-electron chi connectivity index (χ3n) is 9.49. The Morgan fingerprint density at radius 1 is 0.519 bits per heavy atom. The van der Waals surface area contributed by atoms with Crippen molar-refractivity contribution in [3.05, 3.63) is 120 Å². The summed E-state index contributed by atoms with van der Waals surface area (Å²) in [6.45, 7) is 5.39. The number of para-hydroxylation sites is 2. The molecule has 0 bridgehead atoms. The molecule has 4 aromatic rings. The van der Waals surface area contributed by atoms with Gasteiger partial charge in [-0.1, -0.05) is 74.5 Å². The zero-order valence-electron chi connectivity index (χ0n) is 29.6. The zero-order chi connectivity index (χ0) is 37.0. The molecule has 2 N–H and O–H groups in total. The third-order valence-corrected chi connectivity index (χ3v) is 9.49. The Morgan fingerprint density at radius 2 is 0.846 bits per heavy atom. The van der Waals surface area contributed by atoms with Crippen LogP contribution in [0.15, 0.2) is 109 Å². The normalized spacial score (nSPS) is 17.7. The van der Waals surface area contributed by atoms with Crippen LogP contribution in [-0.4, -0.2) is 56.9 Å². The summed E-state index contributed by atoms with van der Waals surface area (Å²) in [6.07, 6.45) is 1.03. The van der Waals surface area contributed by atoms with Gasteiger partial charge in [-0.15, -0.1) is 0 Å². The Morgan fingerprint density at radius 3 is 1.15 bits per heavy atom. The first-order valence-electron chi connectivity index (χ1n) is 17.8. The number of rotatable bonds is 18. The second kappa shape index (κ2) is 18.0. The standard InChI is InChI=1S/C42H46N2O8/c1-3-23-43(27-29-15-19-33(20-16-29)51-31-11-7-5-8-12-31)37(45)25-35-36(40(42(49)50)39(35)41(47)48)26-38(46)44(24-4-2)28-30-17-21-34(22-18-30)52-32-13-9-6-10-14-32/h5-22,35-36,39-40H,3-4,23-28H2,1-2H3,(H,47,48)(H,49,50)/t35-,36-,39-,40-/m1/s1. The summed E-state index contributed by atoms with van der Waals surface area (Å²) in [7, 11) is 0. The summed E-state index contributed by atoms with van der Waals surface area (Å²) in [4.78, 5) is 55.7. The van der Waals surface area contributed by atoms with Crippen molar-refractivity contribution >= 4 is 23.8 Å². The lowest BCUT2D eigenvalue weighted by Crippen LogP contribution is -2.56. The van der Waals surface area contributed by atoms with Gasteiger partial charge in [0.25, 0.3) is 0 Å². The number of carbonyl (C=O) groups excluding carboxylic acids is 2. The van der Waals surface area contributed by atoms with Gasteiger partial charge >= 0.3 is 11.9 Å². The molecule has 10 nitrogen and oxygen atoms in total. The molecule has 52 heavy (non-hydrogen) atoms. The molecule has 0 spiro atoms. The minimum absolute atomic E-state index is 0.162. The molecule has 1 saturated carbocycles. The number of aliphatic carboxylic acids is 2. The van der Waals surface area contributed by atoms with Crippen LogP contribution >= 0.6 is 0 Å². The van der Waals surface area contributed by atoms with Gasteiger partial charge in [-0.2, -0.15) is 0 Å². The van der Waals surface area contributed by atoms with Crippen LogP contribution in [0.25, 0.3) is 0 Å². The van der Waals surface area contributed by atoms with Gasteiger partial charge in [0.2, 0.25) is 11.8 Å². The highest BCUT2D eigenvalue weighted by atomic mass is 16.5. The first-order chi connectivity index (χ1) is 25.2. The molecule has 1 fully saturated rings. The van der Waals surface area contributed by atoms with Gasteiger partial charge < -0.3 is 29.5 Å². The highest BCUT2D eigenvalue weighted by Crippen LogP contribution is 2.50. The van der Waals surface area contributed by atoms with E-state index in [4.69, 9.17) is 9.47 Å². The van der Waals surface area contributed by atoms with Crippen molar-refractivity contribution in [2.24, 2.45) is 23.7 Å². The molecular formula is C42H46N2O8. The maximum Gasteiger partial charge on any atom is 0.307 e. The SMILES string of the molecule is CCCN(Cc1ccc(Oc2ccccc2)cc1)C(=O)C[C@@H]1[C@@H](CC(=O)N(CCC)Cc2ccc(Oc3ccccc3)cc2)[C@@H](C(=O)O)[C@@H]1C(=O)O. The van der Waals surface area contributed by atoms with E-state index in [0.29, 0.717) is 62.0 Å². The quantitative estimate of drug-likeness (QED) is 0.107. The number of hydrogen-bond donors (Lipinski definition) is 2. The van der Waals surface area contributed by atoms with Gasteiger partial charge in [0, 0.05) is 39.0 Å². The van der Waals surface area contributed by atoms with Gasteiger partial charge in [-0.3, -0.25) is 19.2 Å². The summed E-state index contributed by atoms with van der Waals surface area (Å²) in [5, 5.41) is 20.2. The average molecular weight is 707 g/mol. The van der Waals surface area contributed by atoms with E-state index in [1.54, 1.807) is 9.80 Å². The first-order valence-corrected chi connectivity index (χ1v) is 17.8. The van der Waals surface area contributed by atoms with Crippen LogP contribution in [-0.2, 0) is 32.3 Å². The van der Waals surface area contributed by atoms with Crippen molar-refractivity contribution in [2.75, 3.05) is 13.1 Å². The molecule has 0 aromatic heterocycles. The molecule has 0 unspecified atom stereocenters. The molecule has 0 radical (unpaired) electrons. The molecule has 0 saturated heterocycles. The number of carbonyl (C=O) groups is 4. The maximum absolute atomic E-state index is 13.8. The fraction of sp³-hybridized carbons (Fsp3) is 0.333. The smallest absolute Gasteiger partial charge is 0.307 e. The van der Waals surface area contributed by atoms with E-state index in [1.807, 2.05) is 123 Å². The van der Waals surface area contributed by atoms with Gasteiger partial charge in [-0.25, -0.2) is 0 Å². The predicted molar refractivity (Wildman–Crippen MR) is 196 cm³/mol. The molecule has 5 rings (SSSR count). The number of carboxylic acid groups (broad SMARTS) is 2. The van der Waals surface area contributed by atoms with Crippen molar-refractivity contribution in [3.63, 3.8) is 0 Å². The summed E-state index contributed by atoms with van der Waals surface area (Å²) in [5.41, 5.74) is 1.74. The third kappa shape index (κ3) is 9.78. The van der Waals surface area contributed by atoms with Crippen LogP contribution in [0.5, 0.6) is 23.0 Å². The van der Waals surface area contributed by atoms with Crippen LogP contribution < -0.4 is 9.47 Å². The number of benzene rings is 4. The Bertz CT molecular complexity index is 1650. The molecule has 272 valence electrons. The largest absolute Gasteiger partial charge is 0.481 e. The Balaban J connectivity index is 1.26. The van der Waals surface area contributed by atoms with Crippen molar-refractivity contribution in [1.82, 2.24) is 9.80 Å². The van der Waals surface area contributed by atoms with Crippen molar-refractivity contribution < 1.29 is 38.9 Å². The van der Waals surface area contributed by atoms with Gasteiger partial charge in [0.1, 0.15) is 23.0 Å². The number of carboxylic acids is 2. The summed E-state index contributed by atoms with van der Waals surface area (Å²) in [5.74, 6) is -4.49. The molecule has 0 aliphatic heterocycles. The van der Waals surface area contributed by atoms with Crippen LogP contribution in [0.1, 0.15) is 50.7 Å². The molecule has 10 heteroatoms. The maximum atomic E-state index is 13.8. The van der Waals surface area contributed by atoms with Crippen molar-refractivity contribution in [3.8, 4) is 23.0 Å².